The second-order valence-corrected chi connectivity index (χ2v) is 9.70. The molecule has 8 nitrogen and oxygen atoms in total. The quantitative estimate of drug-likeness (QED) is 0.384. The Labute approximate surface area is 199 Å². The van der Waals surface area contributed by atoms with Crippen LogP contribution in [0.4, 0.5) is 0 Å². The van der Waals surface area contributed by atoms with E-state index < -0.39 is 5.97 Å². The Hall–Kier alpha value is -3.81. The fourth-order valence-corrected chi connectivity index (χ4v) is 4.19. The molecule has 2 heterocycles. The van der Waals surface area contributed by atoms with Crippen LogP contribution in [-0.4, -0.2) is 41.5 Å². The minimum atomic E-state index is -0.931. The normalized spacial score (nSPS) is 11.6. The monoisotopic (exact) mass is 458 g/mol. The number of tetrazole rings is 1. The molecule has 2 aromatic carbocycles. The number of aromatic nitrogens is 6. The van der Waals surface area contributed by atoms with Crippen LogP contribution >= 0.6 is 0 Å². The summed E-state index contributed by atoms with van der Waals surface area (Å²) < 4.78 is 1.68. The number of hydrogen-bond acceptors (Lipinski definition) is 5. The van der Waals surface area contributed by atoms with Gasteiger partial charge < -0.3 is 5.11 Å². The van der Waals surface area contributed by atoms with Crippen molar-refractivity contribution in [3.63, 3.8) is 0 Å². The first-order chi connectivity index (χ1) is 16.3. The van der Waals surface area contributed by atoms with Crippen molar-refractivity contribution in [3.05, 3.63) is 71.0 Å². The topological polar surface area (TPSA) is 110 Å². The summed E-state index contributed by atoms with van der Waals surface area (Å²) in [5, 5.41) is 29.2. The number of hydrogen-bond donors (Lipinski definition) is 2. The largest absolute Gasteiger partial charge is 0.477 e. The molecule has 4 rings (SSSR count). The predicted octanol–water partition coefficient (Wildman–Crippen LogP) is 5.02. The molecule has 0 atom stereocenters. The summed E-state index contributed by atoms with van der Waals surface area (Å²) in [5.74, 6) is -0.388. The summed E-state index contributed by atoms with van der Waals surface area (Å²) in [6, 6.07) is 16.1. The van der Waals surface area contributed by atoms with Crippen molar-refractivity contribution in [2.45, 2.75) is 53.5 Å². The fraction of sp³-hybridized carbons (Fsp3) is 0.346. The van der Waals surface area contributed by atoms with E-state index in [-0.39, 0.29) is 5.41 Å². The van der Waals surface area contributed by atoms with Crippen LogP contribution < -0.4 is 0 Å². The maximum absolute atomic E-state index is 12.2. The summed E-state index contributed by atoms with van der Waals surface area (Å²) in [6.45, 7) is 8.90. The molecule has 0 amide bonds. The summed E-state index contributed by atoms with van der Waals surface area (Å²) in [4.78, 5) is 12.2. The first-order valence-electron chi connectivity index (χ1n) is 11.5. The summed E-state index contributed by atoms with van der Waals surface area (Å²) in [6.07, 6.45) is 2.18. The van der Waals surface area contributed by atoms with E-state index in [2.05, 4.69) is 48.3 Å². The number of aryl methyl sites for hydroxylation is 1. The number of rotatable bonds is 8. The molecule has 0 unspecified atom stereocenters. The number of benzene rings is 2. The van der Waals surface area contributed by atoms with Crippen LogP contribution in [0.2, 0.25) is 0 Å². The van der Waals surface area contributed by atoms with E-state index in [1.165, 1.54) is 0 Å². The van der Waals surface area contributed by atoms with Gasteiger partial charge in [0.15, 0.2) is 0 Å². The van der Waals surface area contributed by atoms with Gasteiger partial charge >= 0.3 is 5.97 Å². The Morgan fingerprint density at radius 3 is 2.35 bits per heavy atom. The van der Waals surface area contributed by atoms with Crippen LogP contribution in [0.3, 0.4) is 0 Å². The highest BCUT2D eigenvalue weighted by molar-refractivity contribution is 5.88. The highest BCUT2D eigenvalue weighted by Gasteiger charge is 2.25. The maximum Gasteiger partial charge on any atom is 0.354 e. The average Bonchev–Trinajstić information content (AvgIpc) is 3.42. The second-order valence-electron chi connectivity index (χ2n) is 9.70. The second kappa shape index (κ2) is 9.59. The molecule has 8 heteroatoms. The minimum Gasteiger partial charge on any atom is -0.477 e. The molecule has 34 heavy (non-hydrogen) atoms. The summed E-state index contributed by atoms with van der Waals surface area (Å²) in [5.41, 5.74) is 5.86. The van der Waals surface area contributed by atoms with Gasteiger partial charge in [-0.15, -0.1) is 10.2 Å². The van der Waals surface area contributed by atoms with Crippen molar-refractivity contribution < 1.29 is 9.90 Å². The summed E-state index contributed by atoms with van der Waals surface area (Å²) >= 11 is 0. The Kier molecular flexibility index (Phi) is 6.58. The fourth-order valence-electron chi connectivity index (χ4n) is 4.19. The molecule has 176 valence electrons. The van der Waals surface area contributed by atoms with Crippen LogP contribution in [0.25, 0.3) is 22.5 Å². The standard InChI is InChI=1S/C26H30N6O2/c1-5-8-22-21(23(25(33)34)32(29-22)16-26(2,3)4)15-17-11-13-18(14-12-17)19-9-6-7-10-20(19)24-27-30-31-28-24/h6-7,9-14H,5,8,15-16H2,1-4H3,(H,33,34)(H,27,28,30,31). The lowest BCUT2D eigenvalue weighted by molar-refractivity contribution is 0.0679. The number of carbonyl (C=O) groups is 1. The third-order valence-electron chi connectivity index (χ3n) is 5.61. The molecule has 0 saturated carbocycles. The van der Waals surface area contributed by atoms with Crippen LogP contribution in [0.15, 0.2) is 48.5 Å². The van der Waals surface area contributed by atoms with Crippen LogP contribution in [-0.2, 0) is 19.4 Å². The Balaban J connectivity index is 1.68. The molecule has 0 bridgehead atoms. The maximum atomic E-state index is 12.2. The van der Waals surface area contributed by atoms with Gasteiger partial charge in [0.1, 0.15) is 5.69 Å². The molecule has 0 aliphatic heterocycles. The van der Waals surface area contributed by atoms with Crippen molar-refractivity contribution >= 4 is 5.97 Å². The van der Waals surface area contributed by atoms with Gasteiger partial charge in [0.25, 0.3) is 0 Å². The van der Waals surface area contributed by atoms with E-state index in [0.29, 0.717) is 24.5 Å². The van der Waals surface area contributed by atoms with Crippen molar-refractivity contribution in [1.82, 2.24) is 30.4 Å². The molecule has 0 fully saturated rings. The van der Waals surface area contributed by atoms with Gasteiger partial charge in [-0.05, 0) is 33.7 Å². The molecule has 0 aliphatic rings. The van der Waals surface area contributed by atoms with Crippen LogP contribution in [0.1, 0.15) is 61.4 Å². The molecule has 2 aromatic heterocycles. The van der Waals surface area contributed by atoms with Gasteiger partial charge in [-0.2, -0.15) is 10.3 Å². The lowest BCUT2D eigenvalue weighted by Gasteiger charge is -2.19. The molecule has 0 radical (unpaired) electrons. The van der Waals surface area contributed by atoms with E-state index in [1.54, 1.807) is 4.68 Å². The zero-order chi connectivity index (χ0) is 24.3. The molecule has 0 spiro atoms. The lowest BCUT2D eigenvalue weighted by Crippen LogP contribution is -2.21. The highest BCUT2D eigenvalue weighted by atomic mass is 16.4. The number of aromatic carboxylic acids is 1. The van der Waals surface area contributed by atoms with E-state index in [1.807, 2.05) is 48.5 Å². The SMILES string of the molecule is CCCc1nn(CC(C)(C)C)c(C(=O)O)c1Cc1ccc(-c2ccccc2-c2nn[nH]n2)cc1. The van der Waals surface area contributed by atoms with Gasteiger partial charge in [-0.25, -0.2) is 4.79 Å². The van der Waals surface area contributed by atoms with Crippen LogP contribution in [0.5, 0.6) is 0 Å². The van der Waals surface area contributed by atoms with E-state index in [9.17, 15) is 9.90 Å². The molecule has 4 aromatic rings. The number of carboxylic acids is 1. The molecular weight excluding hydrogens is 428 g/mol. The zero-order valence-electron chi connectivity index (χ0n) is 20.0. The molecule has 2 N–H and O–H groups in total. The number of nitrogens with zero attached hydrogens (tertiary/aromatic N) is 5. The van der Waals surface area contributed by atoms with E-state index >= 15 is 0 Å². The molecular formula is C26H30N6O2. The Morgan fingerprint density at radius 1 is 1.06 bits per heavy atom. The van der Waals surface area contributed by atoms with E-state index in [0.717, 1.165) is 46.4 Å². The van der Waals surface area contributed by atoms with Crippen molar-refractivity contribution in [2.24, 2.45) is 5.41 Å². The van der Waals surface area contributed by atoms with Gasteiger partial charge in [0.05, 0.1) is 5.69 Å². The van der Waals surface area contributed by atoms with Gasteiger partial charge in [0.2, 0.25) is 5.82 Å². The predicted molar refractivity (Wildman–Crippen MR) is 130 cm³/mol. The smallest absolute Gasteiger partial charge is 0.354 e. The highest BCUT2D eigenvalue weighted by Crippen LogP contribution is 2.31. The number of aromatic amines is 1. The van der Waals surface area contributed by atoms with Gasteiger partial charge in [-0.1, -0.05) is 82.6 Å². The Bertz CT molecular complexity index is 1270. The number of H-pyrrole nitrogens is 1. The minimum absolute atomic E-state index is 0.0787. The van der Waals surface area contributed by atoms with Gasteiger partial charge in [0, 0.05) is 24.1 Å². The van der Waals surface area contributed by atoms with Crippen LogP contribution in [0, 0.1) is 5.41 Å². The third kappa shape index (κ3) is 5.06. The first-order valence-corrected chi connectivity index (χ1v) is 11.5. The van der Waals surface area contributed by atoms with Crippen molar-refractivity contribution in [2.75, 3.05) is 0 Å². The van der Waals surface area contributed by atoms with Gasteiger partial charge in [-0.3, -0.25) is 4.68 Å². The number of nitrogens with one attached hydrogen (secondary N) is 1. The lowest BCUT2D eigenvalue weighted by atomic mass is 9.95. The van der Waals surface area contributed by atoms with E-state index in [4.69, 9.17) is 5.10 Å². The average molecular weight is 459 g/mol. The molecule has 0 aliphatic carbocycles. The first kappa shape index (κ1) is 23.4. The Morgan fingerprint density at radius 2 is 1.76 bits per heavy atom. The molecule has 0 saturated heterocycles. The number of carboxylic acid groups (broad SMARTS) is 1. The zero-order valence-corrected chi connectivity index (χ0v) is 20.0. The third-order valence-corrected chi connectivity index (χ3v) is 5.61. The summed E-state index contributed by atoms with van der Waals surface area (Å²) in [7, 11) is 0. The van der Waals surface area contributed by atoms with Crippen molar-refractivity contribution in [3.8, 4) is 22.5 Å². The van der Waals surface area contributed by atoms with Crippen molar-refractivity contribution in [1.29, 1.82) is 0 Å².